The van der Waals surface area contributed by atoms with Crippen molar-refractivity contribution in [2.45, 2.75) is 497 Å². The summed E-state index contributed by atoms with van der Waals surface area (Å²) in [5, 5.41) is 121. The van der Waals surface area contributed by atoms with E-state index >= 15 is 0 Å². The van der Waals surface area contributed by atoms with Gasteiger partial charge in [-0.1, -0.05) is 373 Å². The highest BCUT2D eigenvalue weighted by Crippen LogP contribution is 2.34. The van der Waals surface area contributed by atoms with Gasteiger partial charge >= 0.3 is 0 Å². The van der Waals surface area contributed by atoms with E-state index in [2.05, 4.69) is 19.2 Å². The molecule has 3 fully saturated rings. The van der Waals surface area contributed by atoms with Crippen LogP contribution in [0.3, 0.4) is 0 Å². The third kappa shape index (κ3) is 43.8. The van der Waals surface area contributed by atoms with Crippen molar-refractivity contribution in [3.63, 3.8) is 0 Å². The van der Waals surface area contributed by atoms with Gasteiger partial charge in [-0.3, -0.25) is 4.79 Å². The monoisotopic (exact) mass is 1460 g/mol. The van der Waals surface area contributed by atoms with Gasteiger partial charge < -0.3 is 89.9 Å². The first-order valence-corrected chi connectivity index (χ1v) is 43.3. The number of carbonyl (C=O) groups is 1. The van der Waals surface area contributed by atoms with E-state index in [1.165, 1.54) is 315 Å². The van der Waals surface area contributed by atoms with Crippen LogP contribution in [0.15, 0.2) is 0 Å². The minimum absolute atomic E-state index is 0.231. The van der Waals surface area contributed by atoms with Crippen LogP contribution >= 0.6 is 0 Å². The van der Waals surface area contributed by atoms with Crippen molar-refractivity contribution >= 4 is 5.91 Å². The molecule has 102 heavy (non-hydrogen) atoms. The Morgan fingerprint density at radius 3 is 0.853 bits per heavy atom. The Hall–Kier alpha value is -1.21. The highest BCUT2D eigenvalue weighted by atomic mass is 16.8. The van der Waals surface area contributed by atoms with Crippen molar-refractivity contribution in [1.82, 2.24) is 5.32 Å². The van der Waals surface area contributed by atoms with E-state index in [-0.39, 0.29) is 18.9 Å². The van der Waals surface area contributed by atoms with Crippen molar-refractivity contribution in [2.24, 2.45) is 0 Å². The number of amides is 1. The van der Waals surface area contributed by atoms with Crippen molar-refractivity contribution < 1.29 is 89.4 Å². The molecule has 0 radical (unpaired) electrons. The number of nitrogens with one attached hydrogen (secondary N) is 1. The standard InChI is InChI=1S/C83H161NO18/c1-3-5-7-9-11-13-15-17-19-21-23-25-27-29-31-33-34-36-38-40-42-44-46-48-50-52-54-56-58-60-67(88)66(84-71(89)61-59-57-55-53-51-49-47-45-43-41-39-37-35-32-30-28-26-24-22-20-18-16-14-12-10-8-6-4-2)65-97-81-77(95)74(92)79(69(63-86)99-81)102-83-78(96)75(93)80(70(64-87)100-83)101-82-76(94)73(91)72(90)68(62-85)98-82/h66-70,72-83,85-88,90-96H,3-65H2,1-2H3,(H,84,89). The third-order valence-electron chi connectivity index (χ3n) is 22.2. The lowest BCUT2D eigenvalue weighted by Gasteiger charge is -2.48. The second kappa shape index (κ2) is 64.6. The van der Waals surface area contributed by atoms with Gasteiger partial charge in [-0.05, 0) is 12.8 Å². The zero-order valence-corrected chi connectivity index (χ0v) is 65.1. The van der Waals surface area contributed by atoms with Crippen LogP contribution in [-0.2, 0) is 33.2 Å². The van der Waals surface area contributed by atoms with Crippen LogP contribution in [0.4, 0.5) is 0 Å². The maximum absolute atomic E-state index is 13.5. The van der Waals surface area contributed by atoms with Gasteiger partial charge in [-0.25, -0.2) is 0 Å². The number of ether oxygens (including phenoxy) is 6. The van der Waals surface area contributed by atoms with Crippen LogP contribution in [0.2, 0.25) is 0 Å². The SMILES string of the molecule is CCCCCCCCCCCCCCCCCCCCCCCCCCCCCCCC(O)C(COC1OC(CO)C(OC2OC(CO)C(OC3OC(CO)C(O)C(O)C3O)C(O)C2O)C(O)C1O)NC(=O)CCCCCCCCCCCCCCCCCCCCCCCCCCCCCC. The molecule has 0 aliphatic carbocycles. The van der Waals surface area contributed by atoms with Gasteiger partial charge in [-0.2, -0.15) is 0 Å². The molecule has 3 aliphatic heterocycles. The fraction of sp³-hybridized carbons (Fsp3) is 0.988. The molecule has 1 amide bonds. The molecule has 606 valence electrons. The number of hydrogen-bond donors (Lipinski definition) is 12. The Bertz CT molecular complexity index is 1840. The predicted octanol–water partition coefficient (Wildman–Crippen LogP) is 15.4. The molecular formula is C83H161NO18. The normalized spacial score (nSPS) is 26.1. The number of aliphatic hydroxyl groups excluding tert-OH is 11. The van der Waals surface area contributed by atoms with Gasteiger partial charge in [0, 0.05) is 6.42 Å². The topological polar surface area (TPSA) is 307 Å². The summed E-state index contributed by atoms with van der Waals surface area (Å²) in [6, 6.07) is -0.884. The molecule has 0 aromatic heterocycles. The van der Waals surface area contributed by atoms with Gasteiger partial charge in [0.25, 0.3) is 0 Å². The Labute approximate surface area is 621 Å². The number of aliphatic hydroxyl groups is 11. The van der Waals surface area contributed by atoms with Gasteiger partial charge in [-0.15, -0.1) is 0 Å². The molecule has 0 saturated carbocycles. The molecule has 19 heteroatoms. The van der Waals surface area contributed by atoms with Gasteiger partial charge in [0.05, 0.1) is 38.6 Å². The molecule has 12 N–H and O–H groups in total. The average Bonchev–Trinajstić information content (AvgIpc) is 0.781. The Balaban J connectivity index is 1.34. The van der Waals surface area contributed by atoms with E-state index in [1.807, 2.05) is 0 Å². The summed E-state index contributed by atoms with van der Waals surface area (Å²) in [6.45, 7) is 1.89. The Morgan fingerprint density at radius 2 is 0.559 bits per heavy atom. The van der Waals surface area contributed by atoms with E-state index < -0.39 is 124 Å². The van der Waals surface area contributed by atoms with Crippen LogP contribution in [0.1, 0.15) is 393 Å². The first-order valence-electron chi connectivity index (χ1n) is 43.3. The summed E-state index contributed by atoms with van der Waals surface area (Å²) in [5.74, 6) is -0.231. The molecule has 3 heterocycles. The maximum atomic E-state index is 13.5. The molecule has 19 nitrogen and oxygen atoms in total. The number of unbranched alkanes of at least 4 members (excludes halogenated alkanes) is 55. The van der Waals surface area contributed by atoms with Crippen molar-refractivity contribution in [1.29, 1.82) is 0 Å². The highest BCUT2D eigenvalue weighted by molar-refractivity contribution is 5.76. The summed E-state index contributed by atoms with van der Waals surface area (Å²) in [4.78, 5) is 13.5. The van der Waals surface area contributed by atoms with Crippen LogP contribution in [0.25, 0.3) is 0 Å². The molecule has 0 aromatic carbocycles. The van der Waals surface area contributed by atoms with Crippen LogP contribution in [-0.4, -0.2) is 193 Å². The first kappa shape index (κ1) is 95.0. The van der Waals surface area contributed by atoms with Crippen molar-refractivity contribution in [3.05, 3.63) is 0 Å². The lowest BCUT2D eigenvalue weighted by Crippen LogP contribution is -2.66. The molecule has 0 spiro atoms. The zero-order chi connectivity index (χ0) is 73.9. The van der Waals surface area contributed by atoms with E-state index in [0.717, 1.165) is 44.9 Å². The first-order chi connectivity index (χ1) is 49.8. The second-order valence-electron chi connectivity index (χ2n) is 31.4. The Kier molecular flexibility index (Phi) is 60.2. The minimum atomic E-state index is -1.97. The lowest BCUT2D eigenvalue weighted by atomic mass is 9.96. The third-order valence-corrected chi connectivity index (χ3v) is 22.2. The van der Waals surface area contributed by atoms with Crippen molar-refractivity contribution in [2.75, 3.05) is 26.4 Å². The molecule has 0 aromatic rings. The molecule has 17 atom stereocenters. The van der Waals surface area contributed by atoms with Crippen molar-refractivity contribution in [3.8, 4) is 0 Å². The summed E-state index contributed by atoms with van der Waals surface area (Å²) >= 11 is 0. The summed E-state index contributed by atoms with van der Waals surface area (Å²) < 4.78 is 34.6. The fourth-order valence-electron chi connectivity index (χ4n) is 15.3. The quantitative estimate of drug-likeness (QED) is 0.0252. The molecule has 3 saturated heterocycles. The van der Waals surface area contributed by atoms with E-state index in [1.54, 1.807) is 0 Å². The lowest BCUT2D eigenvalue weighted by molar-refractivity contribution is -0.379. The molecule has 3 rings (SSSR count). The Morgan fingerprint density at radius 1 is 0.314 bits per heavy atom. The predicted molar refractivity (Wildman–Crippen MR) is 407 cm³/mol. The van der Waals surface area contributed by atoms with Crippen LogP contribution in [0, 0.1) is 0 Å². The fourth-order valence-corrected chi connectivity index (χ4v) is 15.3. The van der Waals surface area contributed by atoms with Gasteiger partial charge in [0.15, 0.2) is 18.9 Å². The zero-order valence-electron chi connectivity index (χ0n) is 65.1. The average molecular weight is 1460 g/mol. The largest absolute Gasteiger partial charge is 0.394 e. The summed E-state index contributed by atoms with van der Waals surface area (Å²) in [6.07, 6.45) is 49.2. The van der Waals surface area contributed by atoms with Crippen LogP contribution in [0.5, 0.6) is 0 Å². The number of carbonyl (C=O) groups excluding carboxylic acids is 1. The molecule has 0 bridgehead atoms. The number of rotatable bonds is 71. The molecule has 3 aliphatic rings. The van der Waals surface area contributed by atoms with Gasteiger partial charge in [0.2, 0.25) is 5.91 Å². The number of hydrogen-bond acceptors (Lipinski definition) is 18. The summed E-state index contributed by atoms with van der Waals surface area (Å²) in [5.41, 5.74) is 0. The van der Waals surface area contributed by atoms with E-state index in [4.69, 9.17) is 28.4 Å². The van der Waals surface area contributed by atoms with Gasteiger partial charge in [0.1, 0.15) is 73.2 Å². The highest BCUT2D eigenvalue weighted by Gasteiger charge is 2.54. The minimum Gasteiger partial charge on any atom is -0.394 e. The molecule has 17 unspecified atom stereocenters. The smallest absolute Gasteiger partial charge is 0.220 e. The maximum Gasteiger partial charge on any atom is 0.220 e. The van der Waals surface area contributed by atoms with Crippen LogP contribution < -0.4 is 5.32 Å². The van der Waals surface area contributed by atoms with E-state index in [0.29, 0.717) is 12.8 Å². The second-order valence-corrected chi connectivity index (χ2v) is 31.4. The molecular weight excluding hydrogens is 1300 g/mol. The van der Waals surface area contributed by atoms with E-state index in [9.17, 15) is 61.0 Å². The summed E-state index contributed by atoms with van der Waals surface area (Å²) in [7, 11) is 0.